The van der Waals surface area contributed by atoms with E-state index in [0.29, 0.717) is 0 Å². The maximum Gasteiger partial charge on any atom is 0.431 e. The van der Waals surface area contributed by atoms with Gasteiger partial charge in [0.2, 0.25) is 0 Å². The van der Waals surface area contributed by atoms with Crippen molar-refractivity contribution >= 4 is 45.9 Å². The molecule has 7 aromatic rings. The predicted octanol–water partition coefficient (Wildman–Crippen LogP) is 8.72. The minimum absolute atomic E-state index is 0.247. The Kier molecular flexibility index (Phi) is 4.99. The molecule has 2 aliphatic rings. The lowest BCUT2D eigenvalue weighted by molar-refractivity contribution is 0.590. The second-order valence-corrected chi connectivity index (χ2v) is 10.9. The summed E-state index contributed by atoms with van der Waals surface area (Å²) in [7, 11) is 0. The van der Waals surface area contributed by atoms with Gasteiger partial charge in [-0.2, -0.15) is 0 Å². The van der Waals surface area contributed by atoms with Gasteiger partial charge >= 0.3 is 6.92 Å². The Morgan fingerprint density at radius 3 is 2.00 bits per heavy atom. The molecule has 9 rings (SSSR count). The molecule has 0 spiro atoms. The van der Waals surface area contributed by atoms with Crippen molar-refractivity contribution in [3.05, 3.63) is 146 Å². The molecule has 3 heterocycles. The highest BCUT2D eigenvalue weighted by atomic mass is 16.4. The van der Waals surface area contributed by atoms with Crippen LogP contribution in [0, 0.1) is 0 Å². The van der Waals surface area contributed by atoms with Crippen LogP contribution in [0.25, 0.3) is 44.3 Å². The number of para-hydroxylation sites is 1. The monoisotopic (exact) mass is 537 g/mol. The zero-order valence-corrected chi connectivity index (χ0v) is 22.7. The van der Waals surface area contributed by atoms with Crippen molar-refractivity contribution < 1.29 is 9.07 Å². The standard InChI is InChI=1S/C38H24BNO2/c1-3-9-25(10-4-1)27-15-18-29(19-16-27)40-33-20-17-28(26-11-5-2-6-12-26)23-32(33)39-38-34(40)24-36-31(21-22-41-36)37(38)30-13-7-8-14-35(30)42-39/h1-24H. The van der Waals surface area contributed by atoms with Gasteiger partial charge in [0, 0.05) is 39.5 Å². The fraction of sp³-hybridized carbons (Fsp3) is 0. The minimum Gasteiger partial charge on any atom is -0.551 e. The van der Waals surface area contributed by atoms with Gasteiger partial charge in [0.05, 0.1) is 6.26 Å². The van der Waals surface area contributed by atoms with E-state index in [1.807, 2.05) is 6.07 Å². The number of hydrogen-bond donors (Lipinski definition) is 0. The smallest absolute Gasteiger partial charge is 0.431 e. The number of furan rings is 1. The van der Waals surface area contributed by atoms with Crippen LogP contribution in [0.3, 0.4) is 0 Å². The van der Waals surface area contributed by atoms with E-state index in [4.69, 9.17) is 9.07 Å². The van der Waals surface area contributed by atoms with Crippen LogP contribution < -0.4 is 20.5 Å². The molecule has 0 radical (unpaired) electrons. The lowest BCUT2D eigenvalue weighted by Gasteiger charge is -2.40. The molecule has 0 fully saturated rings. The summed E-state index contributed by atoms with van der Waals surface area (Å²) in [5.41, 5.74) is 13.5. The van der Waals surface area contributed by atoms with Gasteiger partial charge in [-0.05, 0) is 63.6 Å². The van der Waals surface area contributed by atoms with E-state index < -0.39 is 0 Å². The number of fused-ring (bicyclic) bond motifs is 6. The molecule has 42 heavy (non-hydrogen) atoms. The quantitative estimate of drug-likeness (QED) is 0.211. The molecule has 1 aromatic heterocycles. The fourth-order valence-electron chi connectivity index (χ4n) is 6.66. The molecule has 0 atom stereocenters. The molecular weight excluding hydrogens is 513 g/mol. The van der Waals surface area contributed by atoms with Crippen LogP contribution in [0.4, 0.5) is 17.1 Å². The predicted molar refractivity (Wildman–Crippen MR) is 173 cm³/mol. The van der Waals surface area contributed by atoms with Crippen LogP contribution in [-0.2, 0) is 0 Å². The Balaban J connectivity index is 1.32. The van der Waals surface area contributed by atoms with Crippen LogP contribution in [0.1, 0.15) is 0 Å². The highest BCUT2D eigenvalue weighted by molar-refractivity contribution is 6.86. The first-order valence-electron chi connectivity index (χ1n) is 14.3. The highest BCUT2D eigenvalue weighted by Crippen LogP contribution is 2.46. The summed E-state index contributed by atoms with van der Waals surface area (Å²) in [6.45, 7) is -0.247. The van der Waals surface area contributed by atoms with Crippen molar-refractivity contribution in [2.45, 2.75) is 0 Å². The Bertz CT molecular complexity index is 2120. The topological polar surface area (TPSA) is 25.6 Å². The summed E-state index contributed by atoms with van der Waals surface area (Å²) in [5.74, 6) is 0.895. The van der Waals surface area contributed by atoms with Gasteiger partial charge in [-0.25, -0.2) is 0 Å². The zero-order chi connectivity index (χ0) is 27.6. The lowest BCUT2D eigenvalue weighted by Crippen LogP contribution is -2.56. The molecule has 0 aliphatic carbocycles. The molecule has 0 saturated heterocycles. The Hall–Kier alpha value is -5.48. The van der Waals surface area contributed by atoms with Gasteiger partial charge in [0.25, 0.3) is 0 Å². The second-order valence-electron chi connectivity index (χ2n) is 10.9. The van der Waals surface area contributed by atoms with E-state index in [9.17, 15) is 0 Å². The van der Waals surface area contributed by atoms with Crippen molar-refractivity contribution in [3.8, 4) is 39.1 Å². The van der Waals surface area contributed by atoms with E-state index >= 15 is 0 Å². The Morgan fingerprint density at radius 2 is 1.21 bits per heavy atom. The molecule has 0 unspecified atom stereocenters. The number of benzene rings is 6. The molecule has 0 bridgehead atoms. The van der Waals surface area contributed by atoms with Crippen LogP contribution in [0.2, 0.25) is 0 Å². The highest BCUT2D eigenvalue weighted by Gasteiger charge is 2.43. The van der Waals surface area contributed by atoms with Crippen molar-refractivity contribution in [3.63, 3.8) is 0 Å². The first-order valence-corrected chi connectivity index (χ1v) is 14.3. The van der Waals surface area contributed by atoms with Gasteiger partial charge in [-0.3, -0.25) is 0 Å². The van der Waals surface area contributed by atoms with Crippen molar-refractivity contribution in [1.82, 2.24) is 0 Å². The van der Waals surface area contributed by atoms with E-state index in [2.05, 4.69) is 138 Å². The molecule has 2 aliphatic heterocycles. The van der Waals surface area contributed by atoms with Crippen LogP contribution in [0.15, 0.2) is 150 Å². The van der Waals surface area contributed by atoms with Gasteiger partial charge in [-0.1, -0.05) is 103 Å². The molecule has 0 saturated carbocycles. The van der Waals surface area contributed by atoms with Crippen LogP contribution in [-0.4, -0.2) is 6.92 Å². The van der Waals surface area contributed by atoms with Gasteiger partial charge in [0.15, 0.2) is 0 Å². The van der Waals surface area contributed by atoms with E-state index in [-0.39, 0.29) is 6.92 Å². The van der Waals surface area contributed by atoms with E-state index in [0.717, 1.165) is 44.8 Å². The number of rotatable bonds is 3. The van der Waals surface area contributed by atoms with Crippen LogP contribution >= 0.6 is 0 Å². The Morgan fingerprint density at radius 1 is 0.548 bits per heavy atom. The maximum absolute atomic E-state index is 6.89. The first-order chi connectivity index (χ1) is 20.8. The summed E-state index contributed by atoms with van der Waals surface area (Å²) in [6, 6.07) is 49.3. The van der Waals surface area contributed by atoms with Crippen molar-refractivity contribution in [1.29, 1.82) is 0 Å². The van der Waals surface area contributed by atoms with Gasteiger partial charge in [-0.15, -0.1) is 0 Å². The third-order valence-electron chi connectivity index (χ3n) is 8.57. The largest absolute Gasteiger partial charge is 0.551 e. The SMILES string of the molecule is c1ccc(-c2ccc(N3c4ccc(-c5ccccc5)cc4B4Oc5ccccc5-c5c4c3cc3occc53)cc2)cc1. The fourth-order valence-corrected chi connectivity index (χ4v) is 6.66. The average Bonchev–Trinajstić information content (AvgIpc) is 3.54. The van der Waals surface area contributed by atoms with Crippen molar-refractivity contribution in [2.75, 3.05) is 4.90 Å². The number of anilines is 3. The molecule has 4 heteroatoms. The van der Waals surface area contributed by atoms with E-state index in [1.165, 1.54) is 33.3 Å². The summed E-state index contributed by atoms with van der Waals surface area (Å²) in [4.78, 5) is 2.37. The average molecular weight is 537 g/mol. The number of nitrogens with zero attached hydrogens (tertiary/aromatic N) is 1. The number of hydrogen-bond acceptors (Lipinski definition) is 3. The summed E-state index contributed by atoms with van der Waals surface area (Å²) in [5, 5.41) is 1.11. The normalized spacial score (nSPS) is 12.9. The van der Waals surface area contributed by atoms with Crippen molar-refractivity contribution in [2.24, 2.45) is 0 Å². The minimum atomic E-state index is -0.247. The summed E-state index contributed by atoms with van der Waals surface area (Å²) in [6.07, 6.45) is 1.79. The molecule has 196 valence electrons. The van der Waals surface area contributed by atoms with Gasteiger partial charge < -0.3 is 14.0 Å². The third-order valence-corrected chi connectivity index (χ3v) is 8.57. The van der Waals surface area contributed by atoms with Crippen LogP contribution in [0.5, 0.6) is 5.75 Å². The third kappa shape index (κ3) is 3.42. The summed E-state index contributed by atoms with van der Waals surface area (Å²) >= 11 is 0. The maximum atomic E-state index is 6.89. The zero-order valence-electron chi connectivity index (χ0n) is 22.7. The van der Waals surface area contributed by atoms with E-state index in [1.54, 1.807) is 6.26 Å². The van der Waals surface area contributed by atoms with Gasteiger partial charge in [0.1, 0.15) is 11.3 Å². The molecule has 0 N–H and O–H groups in total. The molecule has 6 aromatic carbocycles. The summed E-state index contributed by atoms with van der Waals surface area (Å²) < 4.78 is 12.9. The molecule has 0 amide bonds. The second kappa shape index (κ2) is 9.02. The first kappa shape index (κ1) is 23.3. The Labute approximate surface area is 244 Å². The lowest BCUT2D eigenvalue weighted by atomic mass is 9.49. The molecular formula is C38H24BNO2. The molecule has 3 nitrogen and oxygen atoms in total.